The number of carbonyl (C=O) groups is 1. The molecule has 2 aliphatic rings. The van der Waals surface area contributed by atoms with Crippen molar-refractivity contribution in [3.63, 3.8) is 0 Å². The number of carboxylic acid groups (broad SMARTS) is 1. The molecule has 2 heterocycles. The Bertz CT molecular complexity index is 638. The maximum atomic E-state index is 11.9. The molecule has 0 spiro atoms. The van der Waals surface area contributed by atoms with Crippen LogP contribution in [-0.2, 0) is 16.1 Å². The number of rotatable bonds is 5. The lowest BCUT2D eigenvalue weighted by Crippen LogP contribution is -2.44. The molecule has 0 saturated carbocycles. The molecule has 0 radical (unpaired) electrons. The topological polar surface area (TPSA) is 68.2 Å². The van der Waals surface area contributed by atoms with E-state index in [0.717, 1.165) is 5.56 Å². The zero-order valence-electron chi connectivity index (χ0n) is 13.9. The van der Waals surface area contributed by atoms with Gasteiger partial charge in [0.05, 0.1) is 31.3 Å². The van der Waals surface area contributed by atoms with E-state index in [4.69, 9.17) is 25.8 Å². The zero-order chi connectivity index (χ0) is 17.3. The van der Waals surface area contributed by atoms with Crippen LogP contribution >= 0.6 is 11.6 Å². The van der Waals surface area contributed by atoms with Crippen LogP contribution < -0.4 is 9.47 Å². The fourth-order valence-electron chi connectivity index (χ4n) is 3.82. The van der Waals surface area contributed by atoms with Crippen molar-refractivity contribution in [2.45, 2.75) is 13.0 Å². The van der Waals surface area contributed by atoms with Gasteiger partial charge in [0.1, 0.15) is 0 Å². The van der Waals surface area contributed by atoms with Crippen LogP contribution in [0.1, 0.15) is 12.0 Å². The van der Waals surface area contributed by atoms with Crippen LogP contribution in [0.2, 0.25) is 5.02 Å². The Labute approximate surface area is 146 Å². The van der Waals surface area contributed by atoms with Crippen LogP contribution in [-0.4, -0.2) is 56.5 Å². The van der Waals surface area contributed by atoms with Gasteiger partial charge in [-0.05, 0) is 18.1 Å². The highest BCUT2D eigenvalue weighted by atomic mass is 35.5. The predicted molar refractivity (Wildman–Crippen MR) is 88.8 cm³/mol. The summed E-state index contributed by atoms with van der Waals surface area (Å²) in [4.78, 5) is 14.0. The maximum Gasteiger partial charge on any atom is 0.311 e. The number of halogens is 1. The summed E-state index contributed by atoms with van der Waals surface area (Å²) in [5, 5.41) is 10.3. The van der Waals surface area contributed by atoms with E-state index in [1.807, 2.05) is 12.1 Å². The molecule has 6 nitrogen and oxygen atoms in total. The summed E-state index contributed by atoms with van der Waals surface area (Å²) in [6.45, 7) is 2.79. The van der Waals surface area contributed by atoms with Gasteiger partial charge in [-0.2, -0.15) is 0 Å². The highest BCUT2D eigenvalue weighted by molar-refractivity contribution is 6.33. The number of hydrogen-bond acceptors (Lipinski definition) is 5. The number of aliphatic carboxylic acids is 1. The lowest BCUT2D eigenvalue weighted by molar-refractivity contribution is -0.157. The van der Waals surface area contributed by atoms with E-state index in [0.29, 0.717) is 55.8 Å². The summed E-state index contributed by atoms with van der Waals surface area (Å²) < 4.78 is 16.1. The number of nitrogens with zero attached hydrogens (tertiary/aromatic N) is 1. The smallest absolute Gasteiger partial charge is 0.311 e. The first-order chi connectivity index (χ1) is 11.5. The molecule has 2 fully saturated rings. The van der Waals surface area contributed by atoms with Gasteiger partial charge in [-0.3, -0.25) is 9.69 Å². The SMILES string of the molecule is COc1ccc(CN2C[C@@H]3COCC[C@]3(C(=O)O)C2)c(Cl)c1OC. The Balaban J connectivity index is 1.82. The summed E-state index contributed by atoms with van der Waals surface area (Å²) in [6, 6.07) is 3.72. The first-order valence-electron chi connectivity index (χ1n) is 7.94. The van der Waals surface area contributed by atoms with E-state index in [2.05, 4.69) is 4.90 Å². The Morgan fingerprint density at radius 1 is 1.46 bits per heavy atom. The highest BCUT2D eigenvalue weighted by Crippen LogP contribution is 2.44. The molecule has 24 heavy (non-hydrogen) atoms. The van der Waals surface area contributed by atoms with Crippen molar-refractivity contribution in [3.8, 4) is 11.5 Å². The molecular formula is C17H22ClNO5. The van der Waals surface area contributed by atoms with Crippen molar-refractivity contribution in [1.29, 1.82) is 0 Å². The Hall–Kier alpha value is -1.50. The lowest BCUT2D eigenvalue weighted by Gasteiger charge is -2.34. The van der Waals surface area contributed by atoms with E-state index in [9.17, 15) is 9.90 Å². The Morgan fingerprint density at radius 2 is 2.25 bits per heavy atom. The van der Waals surface area contributed by atoms with Crippen LogP contribution in [0.5, 0.6) is 11.5 Å². The van der Waals surface area contributed by atoms with Gasteiger partial charge in [-0.1, -0.05) is 17.7 Å². The average Bonchev–Trinajstić information content (AvgIpc) is 2.96. The number of fused-ring (bicyclic) bond motifs is 1. The maximum absolute atomic E-state index is 11.9. The summed E-state index contributed by atoms with van der Waals surface area (Å²) in [5.74, 6) is 0.376. The summed E-state index contributed by atoms with van der Waals surface area (Å²) >= 11 is 6.45. The van der Waals surface area contributed by atoms with Crippen molar-refractivity contribution in [3.05, 3.63) is 22.7 Å². The Kier molecular flexibility index (Phi) is 4.90. The minimum absolute atomic E-state index is 0.0164. The van der Waals surface area contributed by atoms with Crippen LogP contribution in [0.3, 0.4) is 0 Å². The van der Waals surface area contributed by atoms with Gasteiger partial charge in [0.15, 0.2) is 11.5 Å². The molecule has 132 valence electrons. The molecule has 2 saturated heterocycles. The predicted octanol–water partition coefficient (Wildman–Crippen LogP) is 2.28. The van der Waals surface area contributed by atoms with Gasteiger partial charge in [-0.15, -0.1) is 0 Å². The highest BCUT2D eigenvalue weighted by Gasteiger charge is 2.53. The van der Waals surface area contributed by atoms with E-state index in [-0.39, 0.29) is 5.92 Å². The normalized spacial score (nSPS) is 26.9. The lowest BCUT2D eigenvalue weighted by atomic mass is 9.74. The number of benzene rings is 1. The fourth-order valence-corrected chi connectivity index (χ4v) is 4.11. The molecule has 1 aromatic rings. The van der Waals surface area contributed by atoms with Crippen LogP contribution in [0, 0.1) is 11.3 Å². The van der Waals surface area contributed by atoms with Gasteiger partial charge in [0.25, 0.3) is 0 Å². The molecule has 2 aliphatic heterocycles. The largest absolute Gasteiger partial charge is 0.493 e. The molecule has 3 rings (SSSR count). The number of methoxy groups -OCH3 is 2. The van der Waals surface area contributed by atoms with E-state index >= 15 is 0 Å². The number of carboxylic acids is 1. The molecule has 2 atom stereocenters. The number of ether oxygens (including phenoxy) is 3. The van der Waals surface area contributed by atoms with Crippen molar-refractivity contribution in [2.75, 3.05) is 40.5 Å². The molecule has 7 heteroatoms. The summed E-state index contributed by atoms with van der Waals surface area (Å²) in [7, 11) is 3.12. The van der Waals surface area contributed by atoms with Crippen LogP contribution in [0.4, 0.5) is 0 Å². The van der Waals surface area contributed by atoms with Gasteiger partial charge in [-0.25, -0.2) is 0 Å². The van der Waals surface area contributed by atoms with Gasteiger partial charge >= 0.3 is 5.97 Å². The van der Waals surface area contributed by atoms with Gasteiger partial charge in [0.2, 0.25) is 0 Å². The fraction of sp³-hybridized carbons (Fsp3) is 0.588. The quantitative estimate of drug-likeness (QED) is 0.874. The Morgan fingerprint density at radius 3 is 2.88 bits per heavy atom. The second-order valence-corrected chi connectivity index (χ2v) is 6.80. The van der Waals surface area contributed by atoms with Crippen LogP contribution in [0.25, 0.3) is 0 Å². The average molecular weight is 356 g/mol. The van der Waals surface area contributed by atoms with Gasteiger partial charge < -0.3 is 19.3 Å². The van der Waals surface area contributed by atoms with E-state index in [1.54, 1.807) is 14.2 Å². The monoisotopic (exact) mass is 355 g/mol. The van der Waals surface area contributed by atoms with E-state index < -0.39 is 11.4 Å². The van der Waals surface area contributed by atoms with Gasteiger partial charge in [0, 0.05) is 32.2 Å². The standard InChI is InChI=1S/C17H22ClNO5/c1-22-13-4-3-11(14(18)15(13)23-2)7-19-8-12-9-24-6-5-17(12,10-19)16(20)21/h3-4,12H,5-10H2,1-2H3,(H,20,21)/t12-,17+/m1/s1. The number of hydrogen-bond donors (Lipinski definition) is 1. The van der Waals surface area contributed by atoms with Crippen molar-refractivity contribution < 1.29 is 24.1 Å². The minimum Gasteiger partial charge on any atom is -0.493 e. The minimum atomic E-state index is -0.725. The molecule has 0 aliphatic carbocycles. The van der Waals surface area contributed by atoms with E-state index in [1.165, 1.54) is 0 Å². The molecular weight excluding hydrogens is 334 g/mol. The molecule has 0 unspecified atom stereocenters. The molecule has 0 aromatic heterocycles. The molecule has 1 N–H and O–H groups in total. The first kappa shape index (κ1) is 17.3. The molecule has 0 bridgehead atoms. The van der Waals surface area contributed by atoms with Crippen molar-refractivity contribution in [2.24, 2.45) is 11.3 Å². The third kappa shape index (κ3) is 2.83. The van der Waals surface area contributed by atoms with Crippen molar-refractivity contribution in [1.82, 2.24) is 4.90 Å². The zero-order valence-corrected chi connectivity index (χ0v) is 14.6. The van der Waals surface area contributed by atoms with Crippen LogP contribution in [0.15, 0.2) is 12.1 Å². The first-order valence-corrected chi connectivity index (χ1v) is 8.32. The second kappa shape index (κ2) is 6.78. The number of likely N-dealkylation sites (tertiary alicyclic amines) is 1. The second-order valence-electron chi connectivity index (χ2n) is 6.43. The third-order valence-electron chi connectivity index (χ3n) is 5.16. The summed E-state index contributed by atoms with van der Waals surface area (Å²) in [5.41, 5.74) is 0.191. The third-order valence-corrected chi connectivity index (χ3v) is 5.58. The summed E-state index contributed by atoms with van der Waals surface area (Å²) in [6.07, 6.45) is 0.559. The molecule has 0 amide bonds. The van der Waals surface area contributed by atoms with Crippen molar-refractivity contribution >= 4 is 17.6 Å². The molecule has 1 aromatic carbocycles.